The van der Waals surface area contributed by atoms with Crippen molar-refractivity contribution < 1.29 is 0 Å². The van der Waals surface area contributed by atoms with Crippen LogP contribution in [-0.2, 0) is 0 Å². The number of hydrogen-bond acceptors (Lipinski definition) is 2. The van der Waals surface area contributed by atoms with Crippen LogP contribution in [0.3, 0.4) is 0 Å². The Morgan fingerprint density at radius 2 is 1.33 bits per heavy atom. The van der Waals surface area contributed by atoms with E-state index in [1.807, 2.05) is 0 Å². The van der Waals surface area contributed by atoms with E-state index in [0.717, 1.165) is 26.2 Å². The summed E-state index contributed by atoms with van der Waals surface area (Å²) in [5, 5.41) is 0. The second-order valence-corrected chi connectivity index (χ2v) is 7.44. The smallest absolute Gasteiger partial charge is 0.219 e. The van der Waals surface area contributed by atoms with Crippen LogP contribution in [0.15, 0.2) is 0 Å². The molecule has 0 amide bonds. The van der Waals surface area contributed by atoms with Gasteiger partial charge in [0, 0.05) is 37.3 Å². The fraction of sp³-hybridized carbons (Fsp3) is 0.933. The van der Waals surface area contributed by atoms with E-state index in [0.29, 0.717) is 12.5 Å². The number of nitrogens with zero attached hydrogens (tertiary/aromatic N) is 3. The van der Waals surface area contributed by atoms with Crippen molar-refractivity contribution in [3.05, 3.63) is 11.4 Å². The summed E-state index contributed by atoms with van der Waals surface area (Å²) in [6, 6.07) is 0. The van der Waals surface area contributed by atoms with Gasteiger partial charge in [-0.2, -0.15) is 0 Å². The molecule has 0 spiro atoms. The zero-order valence-corrected chi connectivity index (χ0v) is 13.0. The molecular weight excluding hydrogens is 222 g/mol. The first-order valence-electron chi connectivity index (χ1n) is 6.98. The second kappa shape index (κ2) is 5.59. The summed E-state index contributed by atoms with van der Waals surface area (Å²) >= 11 is 0. The molecule has 0 aliphatic carbocycles. The lowest BCUT2D eigenvalue weighted by Crippen LogP contribution is -2.46. The first-order chi connectivity index (χ1) is 8.14. The highest BCUT2D eigenvalue weighted by Crippen LogP contribution is 2.23. The predicted molar refractivity (Wildman–Crippen MR) is 77.6 cm³/mol. The maximum Gasteiger partial charge on any atom is 0.219 e. The van der Waals surface area contributed by atoms with Gasteiger partial charge < -0.3 is 4.85 Å². The molecule has 0 atom stereocenters. The van der Waals surface area contributed by atoms with Gasteiger partial charge in [-0.05, 0) is 41.5 Å². The van der Waals surface area contributed by atoms with E-state index in [9.17, 15) is 0 Å². The van der Waals surface area contributed by atoms with Crippen molar-refractivity contribution >= 4 is 0 Å². The van der Waals surface area contributed by atoms with Crippen LogP contribution < -0.4 is 0 Å². The van der Waals surface area contributed by atoms with Crippen LogP contribution >= 0.6 is 0 Å². The molecule has 18 heavy (non-hydrogen) atoms. The fourth-order valence-electron chi connectivity index (χ4n) is 2.57. The molecule has 0 aromatic carbocycles. The normalized spacial score (nSPS) is 21.6. The summed E-state index contributed by atoms with van der Waals surface area (Å²) in [5.74, 6) is 0.475. The van der Waals surface area contributed by atoms with E-state index in [1.165, 1.54) is 0 Å². The molecule has 0 radical (unpaired) electrons. The van der Waals surface area contributed by atoms with Gasteiger partial charge in [0.15, 0.2) is 0 Å². The van der Waals surface area contributed by atoms with Crippen LogP contribution in [0.1, 0.15) is 41.5 Å². The second-order valence-electron chi connectivity index (χ2n) is 7.44. The van der Waals surface area contributed by atoms with E-state index in [-0.39, 0.29) is 11.1 Å². The predicted octanol–water partition coefficient (Wildman–Crippen LogP) is 2.74. The zero-order chi connectivity index (χ0) is 14.0. The molecule has 0 bridgehead atoms. The highest BCUT2D eigenvalue weighted by molar-refractivity contribution is 4.89. The average Bonchev–Trinajstić information content (AvgIpc) is 2.39. The standard InChI is InChI=1S/C15H29N3/c1-14(2,3)17-8-9-18(15(4,5)6)12-13(11-17)10-16-7/h13H,8-12H2,1-6H3. The van der Waals surface area contributed by atoms with E-state index in [2.05, 4.69) is 56.2 Å². The highest BCUT2D eigenvalue weighted by atomic mass is 15.3. The van der Waals surface area contributed by atoms with Crippen molar-refractivity contribution in [3.8, 4) is 0 Å². The molecule has 1 aliphatic rings. The number of hydrogen-bond donors (Lipinski definition) is 0. The van der Waals surface area contributed by atoms with Crippen LogP contribution in [0.4, 0.5) is 0 Å². The Balaban J connectivity index is 2.82. The quantitative estimate of drug-likeness (QED) is 0.664. The van der Waals surface area contributed by atoms with Crippen molar-refractivity contribution in [3.63, 3.8) is 0 Å². The van der Waals surface area contributed by atoms with Gasteiger partial charge in [0.05, 0.1) is 5.92 Å². The van der Waals surface area contributed by atoms with Gasteiger partial charge in [0.1, 0.15) is 0 Å². The van der Waals surface area contributed by atoms with Crippen LogP contribution in [0, 0.1) is 12.5 Å². The van der Waals surface area contributed by atoms with Gasteiger partial charge >= 0.3 is 0 Å². The van der Waals surface area contributed by atoms with Crippen molar-refractivity contribution in [1.82, 2.24) is 9.80 Å². The van der Waals surface area contributed by atoms with Gasteiger partial charge in [-0.25, -0.2) is 6.57 Å². The zero-order valence-electron chi connectivity index (χ0n) is 13.0. The van der Waals surface area contributed by atoms with Crippen molar-refractivity contribution in [2.45, 2.75) is 52.6 Å². The molecule has 3 heteroatoms. The molecule has 0 saturated carbocycles. The minimum absolute atomic E-state index is 0.203. The average molecular weight is 251 g/mol. The van der Waals surface area contributed by atoms with Gasteiger partial charge in [0.2, 0.25) is 6.54 Å². The van der Waals surface area contributed by atoms with E-state index >= 15 is 0 Å². The van der Waals surface area contributed by atoms with Crippen LogP contribution in [0.2, 0.25) is 0 Å². The Morgan fingerprint density at radius 3 is 1.61 bits per heavy atom. The highest BCUT2D eigenvalue weighted by Gasteiger charge is 2.33. The first-order valence-corrected chi connectivity index (χ1v) is 6.98. The molecule has 104 valence electrons. The third-order valence-corrected chi connectivity index (χ3v) is 3.84. The van der Waals surface area contributed by atoms with Crippen molar-refractivity contribution in [2.75, 3.05) is 32.7 Å². The largest absolute Gasteiger partial charge is 0.317 e. The molecule has 1 heterocycles. The Bertz CT molecular complexity index is 279. The maximum atomic E-state index is 7.14. The topological polar surface area (TPSA) is 10.8 Å². The van der Waals surface area contributed by atoms with Gasteiger partial charge in [0.25, 0.3) is 0 Å². The maximum absolute atomic E-state index is 7.14. The lowest BCUT2D eigenvalue weighted by Gasteiger charge is -2.36. The van der Waals surface area contributed by atoms with E-state index < -0.39 is 0 Å². The van der Waals surface area contributed by atoms with Gasteiger partial charge in [-0.15, -0.1) is 0 Å². The molecule has 1 aliphatic heterocycles. The molecule has 0 aromatic heterocycles. The van der Waals surface area contributed by atoms with E-state index in [4.69, 9.17) is 6.57 Å². The Kier molecular flexibility index (Phi) is 4.80. The van der Waals surface area contributed by atoms with Gasteiger partial charge in [-0.1, -0.05) is 0 Å². The Hall–Kier alpha value is -0.590. The van der Waals surface area contributed by atoms with Crippen LogP contribution in [0.25, 0.3) is 4.85 Å². The van der Waals surface area contributed by atoms with E-state index in [1.54, 1.807) is 0 Å². The number of rotatable bonds is 1. The SMILES string of the molecule is [C-]#[N+]CC1CN(C(C)(C)C)CCN(C(C)(C)C)C1. The Morgan fingerprint density at radius 1 is 0.944 bits per heavy atom. The fourth-order valence-corrected chi connectivity index (χ4v) is 2.57. The molecule has 0 unspecified atom stereocenters. The molecule has 0 N–H and O–H groups in total. The third kappa shape index (κ3) is 4.26. The summed E-state index contributed by atoms with van der Waals surface area (Å²) in [6.45, 7) is 25.7. The van der Waals surface area contributed by atoms with Gasteiger partial charge in [-0.3, -0.25) is 9.80 Å². The van der Waals surface area contributed by atoms with Crippen LogP contribution in [0.5, 0.6) is 0 Å². The molecule has 1 saturated heterocycles. The lowest BCUT2D eigenvalue weighted by atomic mass is 10.0. The Labute approximate surface area is 113 Å². The lowest BCUT2D eigenvalue weighted by molar-refractivity contribution is 0.116. The first kappa shape index (κ1) is 15.5. The summed E-state index contributed by atoms with van der Waals surface area (Å²) in [7, 11) is 0. The molecular formula is C15H29N3. The minimum atomic E-state index is 0.203. The molecule has 1 rings (SSSR count). The molecule has 1 fully saturated rings. The molecule has 3 nitrogen and oxygen atoms in total. The monoisotopic (exact) mass is 251 g/mol. The van der Waals surface area contributed by atoms with Crippen LogP contribution in [-0.4, -0.2) is 53.6 Å². The van der Waals surface area contributed by atoms with Crippen molar-refractivity contribution in [2.24, 2.45) is 5.92 Å². The summed E-state index contributed by atoms with van der Waals surface area (Å²) in [5.41, 5.74) is 0.405. The van der Waals surface area contributed by atoms with Crippen molar-refractivity contribution in [1.29, 1.82) is 0 Å². The molecule has 0 aromatic rings. The summed E-state index contributed by atoms with van der Waals surface area (Å²) < 4.78 is 0. The third-order valence-electron chi connectivity index (χ3n) is 3.84. The minimum Gasteiger partial charge on any atom is -0.317 e. The summed E-state index contributed by atoms with van der Waals surface area (Å²) in [4.78, 5) is 8.70. The summed E-state index contributed by atoms with van der Waals surface area (Å²) in [6.07, 6.45) is 0.